The van der Waals surface area contributed by atoms with E-state index in [-0.39, 0.29) is 5.91 Å². The first kappa shape index (κ1) is 27.9. The number of amides is 1. The van der Waals surface area contributed by atoms with E-state index in [2.05, 4.69) is 90.0 Å². The van der Waals surface area contributed by atoms with Crippen LogP contribution in [-0.4, -0.2) is 54.3 Å². The Labute approximate surface area is 231 Å². The van der Waals surface area contributed by atoms with Crippen molar-refractivity contribution in [2.24, 2.45) is 0 Å². The molecule has 4 rings (SSSR count). The van der Waals surface area contributed by atoms with Gasteiger partial charge in [0.05, 0.1) is 11.7 Å². The number of fused-ring (bicyclic) bond motifs is 1. The summed E-state index contributed by atoms with van der Waals surface area (Å²) in [5.41, 5.74) is 7.07. The fourth-order valence-electron chi connectivity index (χ4n) is 4.65. The van der Waals surface area contributed by atoms with Gasteiger partial charge in [-0.2, -0.15) is 5.10 Å². The molecular weight excluding hydrogens is 484 g/mol. The van der Waals surface area contributed by atoms with Crippen molar-refractivity contribution in [2.75, 3.05) is 33.3 Å². The van der Waals surface area contributed by atoms with Gasteiger partial charge in [0.25, 0.3) is 0 Å². The number of hydrogen-bond acceptors (Lipinski definition) is 4. The molecular formula is C33H38N4O2. The molecule has 3 aromatic carbocycles. The van der Waals surface area contributed by atoms with Crippen molar-refractivity contribution in [3.05, 3.63) is 108 Å². The lowest BCUT2D eigenvalue weighted by molar-refractivity contribution is -0.124. The molecule has 6 nitrogen and oxygen atoms in total. The molecule has 0 aliphatic carbocycles. The third-order valence-corrected chi connectivity index (χ3v) is 6.65. The highest BCUT2D eigenvalue weighted by Crippen LogP contribution is 2.36. The number of hydrogen-bond donors (Lipinski definition) is 2. The Balaban J connectivity index is 1.44. The molecule has 1 aromatic heterocycles. The molecule has 0 saturated carbocycles. The second kappa shape index (κ2) is 14.1. The summed E-state index contributed by atoms with van der Waals surface area (Å²) in [4.78, 5) is 13.7. The van der Waals surface area contributed by atoms with Crippen LogP contribution in [0.1, 0.15) is 43.4 Å². The van der Waals surface area contributed by atoms with Gasteiger partial charge >= 0.3 is 0 Å². The number of aromatic amines is 1. The van der Waals surface area contributed by atoms with Gasteiger partial charge in [0.15, 0.2) is 0 Å². The van der Waals surface area contributed by atoms with Crippen molar-refractivity contribution in [3.8, 4) is 5.75 Å². The van der Waals surface area contributed by atoms with Crippen molar-refractivity contribution in [1.29, 1.82) is 0 Å². The monoisotopic (exact) mass is 522 g/mol. The summed E-state index contributed by atoms with van der Waals surface area (Å²) in [7, 11) is 1.82. The van der Waals surface area contributed by atoms with Crippen LogP contribution in [0.4, 0.5) is 0 Å². The number of carbonyl (C=O) groups excluding carboxylic acids is 1. The molecule has 2 N–H and O–H groups in total. The number of ether oxygens (including phenoxy) is 1. The van der Waals surface area contributed by atoms with Crippen LogP contribution in [0, 0.1) is 0 Å². The fourth-order valence-corrected chi connectivity index (χ4v) is 4.65. The number of nitrogens with one attached hydrogen (secondary N) is 2. The van der Waals surface area contributed by atoms with E-state index in [0.717, 1.165) is 47.2 Å². The number of allylic oxidation sites excluding steroid dienone is 1. The van der Waals surface area contributed by atoms with E-state index < -0.39 is 0 Å². The minimum Gasteiger partial charge on any atom is -0.492 e. The van der Waals surface area contributed by atoms with Gasteiger partial charge in [0.2, 0.25) is 5.91 Å². The molecule has 0 radical (unpaired) electrons. The number of H-pyrrole nitrogens is 1. The summed E-state index contributed by atoms with van der Waals surface area (Å²) < 4.78 is 5.97. The second-order valence-corrected chi connectivity index (χ2v) is 9.48. The van der Waals surface area contributed by atoms with Gasteiger partial charge in [0, 0.05) is 38.1 Å². The van der Waals surface area contributed by atoms with Crippen molar-refractivity contribution < 1.29 is 9.53 Å². The maximum atomic E-state index is 11.9. The first-order valence-electron chi connectivity index (χ1n) is 13.7. The minimum absolute atomic E-state index is 0.0339. The van der Waals surface area contributed by atoms with Gasteiger partial charge < -0.3 is 15.0 Å². The van der Waals surface area contributed by atoms with E-state index in [4.69, 9.17) is 4.74 Å². The van der Waals surface area contributed by atoms with Crippen molar-refractivity contribution in [3.63, 3.8) is 0 Å². The van der Waals surface area contributed by atoms with Crippen LogP contribution in [0.2, 0.25) is 0 Å². The van der Waals surface area contributed by atoms with Crippen molar-refractivity contribution >= 4 is 28.0 Å². The SMILES string of the molecule is CCCN(C)C(=O)C=CCNCCOc1ccc(C(=C(CC)c2ccccc2)c2ccc3[nH]ncc3c2)cc1. The number of aromatic nitrogens is 2. The summed E-state index contributed by atoms with van der Waals surface area (Å²) >= 11 is 0. The molecule has 0 aliphatic heterocycles. The van der Waals surface area contributed by atoms with Gasteiger partial charge in [0.1, 0.15) is 12.4 Å². The van der Waals surface area contributed by atoms with E-state index in [0.29, 0.717) is 19.7 Å². The zero-order valence-corrected chi connectivity index (χ0v) is 23.1. The zero-order chi connectivity index (χ0) is 27.5. The Bertz CT molecular complexity index is 1400. The summed E-state index contributed by atoms with van der Waals surface area (Å²) in [6, 6.07) is 25.4. The predicted octanol–water partition coefficient (Wildman–Crippen LogP) is 6.33. The van der Waals surface area contributed by atoms with Crippen LogP contribution in [0.25, 0.3) is 22.0 Å². The molecule has 0 unspecified atom stereocenters. The molecule has 0 saturated heterocycles. The molecule has 0 bridgehead atoms. The maximum Gasteiger partial charge on any atom is 0.246 e. The normalized spacial score (nSPS) is 12.1. The average Bonchev–Trinajstić information content (AvgIpc) is 3.44. The predicted molar refractivity (Wildman–Crippen MR) is 161 cm³/mol. The molecule has 0 aliphatic rings. The highest BCUT2D eigenvalue weighted by molar-refractivity contribution is 6.00. The van der Waals surface area contributed by atoms with Gasteiger partial charge in [-0.15, -0.1) is 0 Å². The van der Waals surface area contributed by atoms with Crippen LogP contribution < -0.4 is 10.1 Å². The molecule has 1 amide bonds. The molecule has 39 heavy (non-hydrogen) atoms. The Hall–Kier alpha value is -4.16. The number of nitrogens with zero attached hydrogens (tertiary/aromatic N) is 2. The fraction of sp³-hybridized carbons (Fsp3) is 0.273. The van der Waals surface area contributed by atoms with Crippen LogP contribution in [0.15, 0.2) is 91.1 Å². The average molecular weight is 523 g/mol. The molecule has 1 heterocycles. The summed E-state index contributed by atoms with van der Waals surface area (Å²) in [5, 5.41) is 11.6. The van der Waals surface area contributed by atoms with Gasteiger partial charge in [-0.25, -0.2) is 0 Å². The highest BCUT2D eigenvalue weighted by atomic mass is 16.5. The lowest BCUT2D eigenvalue weighted by Gasteiger charge is -2.17. The van der Waals surface area contributed by atoms with E-state index in [1.165, 1.54) is 16.7 Å². The first-order valence-corrected chi connectivity index (χ1v) is 13.7. The molecule has 4 aromatic rings. The van der Waals surface area contributed by atoms with E-state index >= 15 is 0 Å². The molecule has 0 fully saturated rings. The highest BCUT2D eigenvalue weighted by Gasteiger charge is 2.14. The third kappa shape index (κ3) is 7.45. The quantitative estimate of drug-likeness (QED) is 0.122. The van der Waals surface area contributed by atoms with Crippen LogP contribution in [-0.2, 0) is 4.79 Å². The summed E-state index contributed by atoms with van der Waals surface area (Å²) in [6.45, 7) is 6.90. The first-order chi connectivity index (χ1) is 19.1. The van der Waals surface area contributed by atoms with Crippen LogP contribution in [0.3, 0.4) is 0 Å². The largest absolute Gasteiger partial charge is 0.492 e. The van der Waals surface area contributed by atoms with Crippen LogP contribution in [0.5, 0.6) is 5.75 Å². The topological polar surface area (TPSA) is 70.2 Å². The molecule has 0 atom stereocenters. The molecule has 0 spiro atoms. The van der Waals surface area contributed by atoms with E-state index in [1.807, 2.05) is 31.5 Å². The smallest absolute Gasteiger partial charge is 0.246 e. The second-order valence-electron chi connectivity index (χ2n) is 9.48. The minimum atomic E-state index is 0.0339. The summed E-state index contributed by atoms with van der Waals surface area (Å²) in [5.74, 6) is 0.862. The van der Waals surface area contributed by atoms with Crippen LogP contribution >= 0.6 is 0 Å². The standard InChI is InChI=1S/C33H38N4O2/c1-4-21-37(3)32(38)12-9-19-34-20-22-39-29-16-13-26(14-17-29)33(30(5-2)25-10-7-6-8-11-25)27-15-18-31-28(23-27)24-35-36-31/h6-18,23-24,34H,4-5,19-22H2,1-3H3,(H,35,36). The number of likely N-dealkylation sites (N-methyl/N-ethyl adjacent to an activating group) is 1. The molecule has 6 heteroatoms. The summed E-state index contributed by atoms with van der Waals surface area (Å²) in [6.07, 6.45) is 7.21. The van der Waals surface area contributed by atoms with E-state index in [1.54, 1.807) is 11.0 Å². The zero-order valence-electron chi connectivity index (χ0n) is 23.1. The lowest BCUT2D eigenvalue weighted by atomic mass is 9.88. The van der Waals surface area contributed by atoms with Crippen molar-refractivity contribution in [2.45, 2.75) is 26.7 Å². The van der Waals surface area contributed by atoms with E-state index in [9.17, 15) is 4.79 Å². The van der Waals surface area contributed by atoms with Gasteiger partial charge in [-0.1, -0.05) is 68.5 Å². The van der Waals surface area contributed by atoms with Crippen molar-refractivity contribution in [1.82, 2.24) is 20.4 Å². The Morgan fingerprint density at radius 2 is 1.77 bits per heavy atom. The third-order valence-electron chi connectivity index (χ3n) is 6.65. The van der Waals surface area contributed by atoms with Gasteiger partial charge in [-0.3, -0.25) is 9.89 Å². The number of rotatable bonds is 13. The Morgan fingerprint density at radius 3 is 2.51 bits per heavy atom. The number of carbonyl (C=O) groups is 1. The Kier molecular flexibility index (Phi) is 10.1. The Morgan fingerprint density at radius 1 is 1.00 bits per heavy atom. The lowest BCUT2D eigenvalue weighted by Crippen LogP contribution is -2.26. The van der Waals surface area contributed by atoms with Gasteiger partial charge in [-0.05, 0) is 64.9 Å². The maximum absolute atomic E-state index is 11.9. The number of benzene rings is 3. The molecule has 202 valence electrons.